The summed E-state index contributed by atoms with van der Waals surface area (Å²) < 4.78 is 0. The van der Waals surface area contributed by atoms with Crippen molar-refractivity contribution in [3.05, 3.63) is 35.9 Å². The first-order chi connectivity index (χ1) is 11.8. The van der Waals surface area contributed by atoms with Gasteiger partial charge in [0.05, 0.1) is 25.2 Å². The number of likely N-dealkylation sites (tertiary alicyclic amines) is 1. The van der Waals surface area contributed by atoms with E-state index in [4.69, 9.17) is 4.84 Å². The van der Waals surface area contributed by atoms with Crippen molar-refractivity contribution >= 4 is 5.91 Å². The topological polar surface area (TPSA) is 61.8 Å². The lowest BCUT2D eigenvalue weighted by Gasteiger charge is -2.20. The van der Waals surface area contributed by atoms with Gasteiger partial charge in [0.25, 0.3) is 0 Å². The number of benzene rings is 1. The van der Waals surface area contributed by atoms with Gasteiger partial charge in [-0.3, -0.25) is 9.63 Å². The van der Waals surface area contributed by atoms with Gasteiger partial charge in [-0.25, -0.2) is 0 Å². The Hall–Kier alpha value is -1.43. The fourth-order valence-corrected chi connectivity index (χ4v) is 3.98. The molecule has 0 aromatic heterocycles. The number of carbonyl (C=O) groups is 1. The molecule has 24 heavy (non-hydrogen) atoms. The molecule has 1 amide bonds. The zero-order valence-corrected chi connectivity index (χ0v) is 14.2. The van der Waals surface area contributed by atoms with Crippen LogP contribution in [0.25, 0.3) is 0 Å². The average molecular weight is 332 g/mol. The highest BCUT2D eigenvalue weighted by Gasteiger charge is 2.41. The predicted octanol–water partition coefficient (Wildman–Crippen LogP) is 2.11. The molecule has 2 N–H and O–H groups in total. The van der Waals surface area contributed by atoms with Crippen molar-refractivity contribution in [3.63, 3.8) is 0 Å². The Balaban J connectivity index is 1.56. The molecule has 1 aromatic carbocycles. The van der Waals surface area contributed by atoms with Crippen LogP contribution in [0.4, 0.5) is 0 Å². The molecule has 132 valence electrons. The monoisotopic (exact) mass is 332 g/mol. The summed E-state index contributed by atoms with van der Waals surface area (Å²) in [6, 6.07) is 10.0. The van der Waals surface area contributed by atoms with Gasteiger partial charge in [0.15, 0.2) is 0 Å². The van der Waals surface area contributed by atoms with Crippen LogP contribution < -0.4 is 5.48 Å². The zero-order valence-electron chi connectivity index (χ0n) is 14.2. The van der Waals surface area contributed by atoms with Crippen LogP contribution in [0, 0.1) is 11.8 Å². The van der Waals surface area contributed by atoms with Gasteiger partial charge in [-0.2, -0.15) is 5.48 Å². The first-order valence-electron chi connectivity index (χ1n) is 9.09. The van der Waals surface area contributed by atoms with Gasteiger partial charge < -0.3 is 10.0 Å². The second-order valence-electron chi connectivity index (χ2n) is 7.00. The van der Waals surface area contributed by atoms with Gasteiger partial charge >= 0.3 is 0 Å². The van der Waals surface area contributed by atoms with E-state index in [1.165, 1.54) is 25.7 Å². The number of carbonyl (C=O) groups excluding carboxylic acids is 1. The third-order valence-electron chi connectivity index (χ3n) is 5.28. The van der Waals surface area contributed by atoms with Crippen molar-refractivity contribution in [2.24, 2.45) is 11.8 Å². The zero-order chi connectivity index (χ0) is 16.8. The highest BCUT2D eigenvalue weighted by atomic mass is 16.6. The number of rotatable bonds is 8. The normalized spacial score (nSPS) is 24.9. The highest BCUT2D eigenvalue weighted by molar-refractivity contribution is 5.82. The molecule has 5 nitrogen and oxygen atoms in total. The van der Waals surface area contributed by atoms with Gasteiger partial charge in [0.1, 0.15) is 0 Å². The standard InChI is InChI=1S/C19H28N2O3/c22-11-10-21-13-18(20-24-14-16-8-2-1-3-9-16)17(19(21)23)12-15-6-4-5-7-15/h1-3,8-9,15,17-18,20,22H,4-7,10-14H2/t17-,18-/m0/s1. The Kier molecular flexibility index (Phi) is 6.24. The Morgan fingerprint density at radius 2 is 1.96 bits per heavy atom. The molecule has 5 heteroatoms. The highest BCUT2D eigenvalue weighted by Crippen LogP contribution is 2.34. The van der Waals surface area contributed by atoms with Crippen molar-refractivity contribution in [2.75, 3.05) is 19.7 Å². The van der Waals surface area contributed by atoms with Crippen LogP contribution in [0.3, 0.4) is 0 Å². The molecule has 1 aromatic rings. The minimum Gasteiger partial charge on any atom is -0.395 e. The quantitative estimate of drug-likeness (QED) is 0.716. The van der Waals surface area contributed by atoms with Gasteiger partial charge in [0.2, 0.25) is 5.91 Å². The van der Waals surface area contributed by atoms with Crippen LogP contribution in [-0.4, -0.2) is 41.7 Å². The minimum atomic E-state index is -0.0320. The fraction of sp³-hybridized carbons (Fsp3) is 0.632. The van der Waals surface area contributed by atoms with E-state index in [0.717, 1.165) is 12.0 Å². The number of nitrogens with zero attached hydrogens (tertiary/aromatic N) is 1. The molecule has 0 unspecified atom stereocenters. The summed E-state index contributed by atoms with van der Waals surface area (Å²) in [5.41, 5.74) is 4.23. The van der Waals surface area contributed by atoms with E-state index < -0.39 is 0 Å². The fourth-order valence-electron chi connectivity index (χ4n) is 3.98. The second-order valence-corrected chi connectivity index (χ2v) is 7.00. The van der Waals surface area contributed by atoms with Crippen LogP contribution in [0.15, 0.2) is 30.3 Å². The number of hydrogen-bond donors (Lipinski definition) is 2. The second kappa shape index (κ2) is 8.60. The third kappa shape index (κ3) is 4.35. The number of amides is 1. The molecule has 1 aliphatic carbocycles. The molecule has 1 heterocycles. The molecule has 0 bridgehead atoms. The summed E-state index contributed by atoms with van der Waals surface area (Å²) in [6.45, 7) is 1.53. The minimum absolute atomic E-state index is 0.00774. The number of aliphatic hydroxyl groups excluding tert-OH is 1. The average Bonchev–Trinajstić information content (AvgIpc) is 3.21. The SMILES string of the molecule is O=C1[C@@H](CC2CCCC2)[C@@H](NOCc2ccccc2)CN1CCO. The number of β-amino-alcohol motifs (C(OH)–C–C–N with tert-alkyl or cyclic N) is 1. The Bertz CT molecular complexity index is 517. The van der Waals surface area contributed by atoms with E-state index in [1.54, 1.807) is 4.90 Å². The van der Waals surface area contributed by atoms with Gasteiger partial charge in [0, 0.05) is 13.1 Å². The summed E-state index contributed by atoms with van der Waals surface area (Å²) in [4.78, 5) is 20.1. The number of nitrogens with one attached hydrogen (secondary N) is 1. The first-order valence-corrected chi connectivity index (χ1v) is 9.09. The van der Waals surface area contributed by atoms with Crippen LogP contribution in [0.2, 0.25) is 0 Å². The molecular weight excluding hydrogens is 304 g/mol. The van der Waals surface area contributed by atoms with E-state index in [2.05, 4.69) is 5.48 Å². The molecule has 2 aliphatic rings. The van der Waals surface area contributed by atoms with Gasteiger partial charge in [-0.1, -0.05) is 56.0 Å². The molecule has 1 aliphatic heterocycles. The molecule has 0 spiro atoms. The van der Waals surface area contributed by atoms with E-state index in [-0.39, 0.29) is 24.5 Å². The van der Waals surface area contributed by atoms with Crippen molar-refractivity contribution in [3.8, 4) is 0 Å². The smallest absolute Gasteiger partial charge is 0.227 e. The first kappa shape index (κ1) is 17.4. The lowest BCUT2D eigenvalue weighted by atomic mass is 9.90. The van der Waals surface area contributed by atoms with E-state index in [0.29, 0.717) is 25.6 Å². The summed E-state index contributed by atoms with van der Waals surface area (Å²) in [5.74, 6) is 0.790. The van der Waals surface area contributed by atoms with E-state index in [9.17, 15) is 9.90 Å². The third-order valence-corrected chi connectivity index (χ3v) is 5.28. The summed E-state index contributed by atoms with van der Waals surface area (Å²) >= 11 is 0. The van der Waals surface area contributed by atoms with Gasteiger partial charge in [-0.05, 0) is 17.9 Å². The molecule has 0 radical (unpaired) electrons. The van der Waals surface area contributed by atoms with Crippen LogP contribution in [0.1, 0.15) is 37.7 Å². The molecule has 1 saturated carbocycles. The van der Waals surface area contributed by atoms with Crippen molar-refractivity contribution < 1.29 is 14.7 Å². The van der Waals surface area contributed by atoms with Gasteiger partial charge in [-0.15, -0.1) is 0 Å². The maximum atomic E-state index is 12.6. The molecule has 2 fully saturated rings. The van der Waals surface area contributed by atoms with Crippen molar-refractivity contribution in [1.29, 1.82) is 0 Å². The lowest BCUT2D eigenvalue weighted by Crippen LogP contribution is -2.37. The Morgan fingerprint density at radius 3 is 2.67 bits per heavy atom. The Labute approximate surface area is 143 Å². The summed E-state index contributed by atoms with van der Waals surface area (Å²) in [7, 11) is 0. The summed E-state index contributed by atoms with van der Waals surface area (Å²) in [5, 5.41) is 9.18. The molecule has 1 saturated heterocycles. The maximum Gasteiger partial charge on any atom is 0.227 e. The predicted molar refractivity (Wildman–Crippen MR) is 91.9 cm³/mol. The summed E-state index contributed by atoms with van der Waals surface area (Å²) in [6.07, 6.45) is 5.99. The lowest BCUT2D eigenvalue weighted by molar-refractivity contribution is -0.132. The number of aliphatic hydroxyl groups is 1. The van der Waals surface area contributed by atoms with E-state index in [1.807, 2.05) is 30.3 Å². The molecule has 3 rings (SSSR count). The van der Waals surface area contributed by atoms with E-state index >= 15 is 0 Å². The van der Waals surface area contributed by atoms with Crippen molar-refractivity contribution in [2.45, 2.75) is 44.8 Å². The number of hydroxylamine groups is 1. The van der Waals surface area contributed by atoms with Crippen LogP contribution >= 0.6 is 0 Å². The maximum absolute atomic E-state index is 12.6. The van der Waals surface area contributed by atoms with Crippen molar-refractivity contribution in [1.82, 2.24) is 10.4 Å². The molecule has 2 atom stereocenters. The number of hydrogen-bond acceptors (Lipinski definition) is 4. The molecular formula is C19H28N2O3. The Morgan fingerprint density at radius 1 is 1.21 bits per heavy atom. The largest absolute Gasteiger partial charge is 0.395 e. The van der Waals surface area contributed by atoms with Crippen LogP contribution in [0.5, 0.6) is 0 Å². The van der Waals surface area contributed by atoms with Crippen LogP contribution in [-0.2, 0) is 16.2 Å².